The summed E-state index contributed by atoms with van der Waals surface area (Å²) >= 11 is 1.67. The predicted molar refractivity (Wildman–Crippen MR) is 86.5 cm³/mol. The highest BCUT2D eigenvalue weighted by molar-refractivity contribution is 7.99. The summed E-state index contributed by atoms with van der Waals surface area (Å²) in [5, 5.41) is 3.01. The molecule has 1 N–H and O–H groups in total. The third kappa shape index (κ3) is 9.74. The normalized spacial score (nSPS) is 14.4. The highest BCUT2D eigenvalue weighted by Gasteiger charge is 2.27. The maximum Gasteiger partial charge on any atom is 0.324 e. The Hall–Kier alpha value is -0.750. The molecule has 0 aliphatic heterocycles. The molecule has 0 saturated carbocycles. The minimum Gasteiger partial charge on any atom is -0.465 e. The van der Waals surface area contributed by atoms with Gasteiger partial charge in [-0.1, -0.05) is 6.92 Å². The molecule has 0 aromatic rings. The summed E-state index contributed by atoms with van der Waals surface area (Å²) in [6.45, 7) is 11.3. The van der Waals surface area contributed by atoms with Crippen molar-refractivity contribution >= 4 is 23.7 Å². The van der Waals surface area contributed by atoms with E-state index in [4.69, 9.17) is 9.47 Å². The van der Waals surface area contributed by atoms with E-state index in [0.717, 1.165) is 12.2 Å². The number of nitrogens with one attached hydrogen (secondary N) is 1. The number of hydrogen-bond donors (Lipinski definition) is 1. The van der Waals surface area contributed by atoms with Crippen molar-refractivity contribution in [2.24, 2.45) is 0 Å². The van der Waals surface area contributed by atoms with Crippen LogP contribution in [0.25, 0.3) is 0 Å². The minimum atomic E-state index is -0.555. The van der Waals surface area contributed by atoms with Gasteiger partial charge in [-0.25, -0.2) is 0 Å². The molecule has 5 nitrogen and oxygen atoms in total. The lowest BCUT2D eigenvalue weighted by Crippen LogP contribution is -2.49. The summed E-state index contributed by atoms with van der Waals surface area (Å²) in [6.07, 6.45) is 1.04. The molecule has 0 aromatic heterocycles. The van der Waals surface area contributed by atoms with Crippen molar-refractivity contribution in [2.75, 3.05) is 18.1 Å². The van der Waals surface area contributed by atoms with E-state index >= 15 is 0 Å². The van der Waals surface area contributed by atoms with Crippen LogP contribution in [-0.2, 0) is 19.1 Å². The molecular weight excluding hydrogens is 290 g/mol. The molecule has 0 amide bonds. The number of rotatable bonds is 9. The van der Waals surface area contributed by atoms with Crippen molar-refractivity contribution < 1.29 is 19.1 Å². The third-order valence-corrected chi connectivity index (χ3v) is 3.68. The van der Waals surface area contributed by atoms with Crippen molar-refractivity contribution in [1.29, 1.82) is 0 Å². The highest BCUT2D eigenvalue weighted by atomic mass is 32.2. The summed E-state index contributed by atoms with van der Waals surface area (Å²) in [4.78, 5) is 23.9. The van der Waals surface area contributed by atoms with Gasteiger partial charge in [-0.05, 0) is 46.8 Å². The molecule has 124 valence electrons. The quantitative estimate of drug-likeness (QED) is 0.520. The van der Waals surface area contributed by atoms with Crippen LogP contribution in [0.15, 0.2) is 0 Å². The van der Waals surface area contributed by atoms with Crippen LogP contribution in [0.1, 0.15) is 48.0 Å². The molecule has 0 aliphatic rings. The fourth-order valence-electron chi connectivity index (χ4n) is 1.53. The van der Waals surface area contributed by atoms with Gasteiger partial charge in [0.25, 0.3) is 0 Å². The fourth-order valence-corrected chi connectivity index (χ4v) is 2.46. The maximum atomic E-state index is 12.0. The van der Waals surface area contributed by atoms with Crippen molar-refractivity contribution in [3.63, 3.8) is 0 Å². The van der Waals surface area contributed by atoms with E-state index < -0.39 is 17.7 Å². The fraction of sp³-hybridized carbons (Fsp3) is 0.867. The number of carbonyl (C=O) groups is 2. The summed E-state index contributed by atoms with van der Waals surface area (Å²) in [7, 11) is 0. The van der Waals surface area contributed by atoms with Crippen LogP contribution in [-0.4, -0.2) is 47.7 Å². The number of hydrogen-bond acceptors (Lipinski definition) is 6. The summed E-state index contributed by atoms with van der Waals surface area (Å²) in [5.41, 5.74) is -0.538. The second-order valence-electron chi connectivity index (χ2n) is 5.80. The standard InChI is InChI=1S/C15H29NO4S/c1-7-9-21-10-12(14(18)19-8-2)16-11(3)13(17)20-15(4,5)6/h11-12,16H,7-10H2,1-6H3/t11-,12?/m0/s1. The highest BCUT2D eigenvalue weighted by Crippen LogP contribution is 2.10. The van der Waals surface area contributed by atoms with E-state index in [2.05, 4.69) is 12.2 Å². The third-order valence-electron chi connectivity index (χ3n) is 2.42. The monoisotopic (exact) mass is 319 g/mol. The van der Waals surface area contributed by atoms with Crippen molar-refractivity contribution in [3.8, 4) is 0 Å². The Kier molecular flexibility index (Phi) is 9.70. The smallest absolute Gasteiger partial charge is 0.324 e. The molecule has 0 rings (SSSR count). The largest absolute Gasteiger partial charge is 0.465 e. The lowest BCUT2D eigenvalue weighted by atomic mass is 10.2. The van der Waals surface area contributed by atoms with Gasteiger partial charge in [-0.2, -0.15) is 11.8 Å². The number of carbonyl (C=O) groups excluding carboxylic acids is 2. The zero-order valence-electron chi connectivity index (χ0n) is 14.0. The Morgan fingerprint density at radius 3 is 2.29 bits per heavy atom. The second kappa shape index (κ2) is 10.1. The van der Waals surface area contributed by atoms with Crippen LogP contribution in [0.4, 0.5) is 0 Å². The Labute approximate surface area is 132 Å². The van der Waals surface area contributed by atoms with Gasteiger partial charge in [0.2, 0.25) is 0 Å². The maximum absolute atomic E-state index is 12.0. The molecule has 0 fully saturated rings. The van der Waals surface area contributed by atoms with Crippen LogP contribution in [0.3, 0.4) is 0 Å². The first kappa shape index (κ1) is 20.2. The van der Waals surface area contributed by atoms with E-state index in [1.54, 1.807) is 25.6 Å². The van der Waals surface area contributed by atoms with Gasteiger partial charge < -0.3 is 9.47 Å². The second-order valence-corrected chi connectivity index (χ2v) is 6.95. The molecule has 0 saturated heterocycles. The zero-order chi connectivity index (χ0) is 16.5. The van der Waals surface area contributed by atoms with Crippen molar-refractivity contribution in [3.05, 3.63) is 0 Å². The molecule has 0 radical (unpaired) electrons. The van der Waals surface area contributed by atoms with Gasteiger partial charge in [0, 0.05) is 5.75 Å². The molecular formula is C15H29NO4S. The van der Waals surface area contributed by atoms with E-state index in [1.165, 1.54) is 0 Å². The zero-order valence-corrected chi connectivity index (χ0v) is 14.8. The Morgan fingerprint density at radius 1 is 1.19 bits per heavy atom. The first-order valence-electron chi connectivity index (χ1n) is 7.44. The van der Waals surface area contributed by atoms with Crippen LogP contribution >= 0.6 is 11.8 Å². The number of esters is 2. The van der Waals surface area contributed by atoms with Crippen LogP contribution in [0.5, 0.6) is 0 Å². The lowest BCUT2D eigenvalue weighted by molar-refractivity contribution is -0.157. The van der Waals surface area contributed by atoms with Gasteiger partial charge in [0.05, 0.1) is 6.61 Å². The van der Waals surface area contributed by atoms with Gasteiger partial charge in [-0.3, -0.25) is 14.9 Å². The van der Waals surface area contributed by atoms with E-state index in [9.17, 15) is 9.59 Å². The molecule has 21 heavy (non-hydrogen) atoms. The van der Waals surface area contributed by atoms with Gasteiger partial charge in [0.1, 0.15) is 17.7 Å². The molecule has 6 heteroatoms. The van der Waals surface area contributed by atoms with Crippen LogP contribution < -0.4 is 5.32 Å². The van der Waals surface area contributed by atoms with E-state index in [0.29, 0.717) is 12.4 Å². The topological polar surface area (TPSA) is 64.6 Å². The minimum absolute atomic E-state index is 0.323. The van der Waals surface area contributed by atoms with Crippen molar-refractivity contribution in [2.45, 2.75) is 65.6 Å². The van der Waals surface area contributed by atoms with Crippen LogP contribution in [0.2, 0.25) is 0 Å². The SMILES string of the molecule is CCCSCC(N[C@@H](C)C(=O)OC(C)(C)C)C(=O)OCC. The summed E-state index contributed by atoms with van der Waals surface area (Å²) in [5.74, 6) is 0.867. The molecule has 0 aliphatic carbocycles. The Morgan fingerprint density at radius 2 is 1.81 bits per heavy atom. The molecule has 0 bridgehead atoms. The summed E-state index contributed by atoms with van der Waals surface area (Å²) in [6, 6.07) is -1.05. The van der Waals surface area contributed by atoms with Gasteiger partial charge in [0.15, 0.2) is 0 Å². The van der Waals surface area contributed by atoms with Gasteiger partial charge >= 0.3 is 11.9 Å². The first-order chi connectivity index (χ1) is 9.71. The predicted octanol–water partition coefficient (Wildman–Crippen LogP) is 2.38. The van der Waals surface area contributed by atoms with Crippen LogP contribution in [0, 0.1) is 0 Å². The first-order valence-corrected chi connectivity index (χ1v) is 8.60. The average Bonchev–Trinajstić information content (AvgIpc) is 2.35. The lowest BCUT2D eigenvalue weighted by Gasteiger charge is -2.25. The molecule has 1 unspecified atom stereocenters. The Bertz CT molecular complexity index is 328. The van der Waals surface area contributed by atoms with E-state index in [-0.39, 0.29) is 11.9 Å². The molecule has 0 aromatic carbocycles. The van der Waals surface area contributed by atoms with E-state index in [1.807, 2.05) is 20.8 Å². The summed E-state index contributed by atoms with van der Waals surface area (Å²) < 4.78 is 10.4. The number of thioether (sulfide) groups is 1. The Balaban J connectivity index is 4.55. The average molecular weight is 319 g/mol. The molecule has 0 heterocycles. The van der Waals surface area contributed by atoms with Gasteiger partial charge in [-0.15, -0.1) is 0 Å². The number of ether oxygens (including phenoxy) is 2. The molecule has 2 atom stereocenters. The molecule has 0 spiro atoms. The van der Waals surface area contributed by atoms with Crippen molar-refractivity contribution in [1.82, 2.24) is 5.32 Å².